The van der Waals surface area contributed by atoms with Gasteiger partial charge in [0.2, 0.25) is 0 Å². The average Bonchev–Trinajstić information content (AvgIpc) is 2.28. The van der Waals surface area contributed by atoms with Crippen LogP contribution in [-0.4, -0.2) is 42.4 Å². The number of hydrogen-bond donors (Lipinski definition) is 2. The number of ether oxygens (including phenoxy) is 1. The van der Waals surface area contributed by atoms with Crippen molar-refractivity contribution in [2.75, 3.05) is 12.4 Å². The molecule has 0 bridgehead atoms. The number of carbonyl (C=O) groups is 2. The van der Waals surface area contributed by atoms with E-state index in [9.17, 15) is 18.0 Å². The fourth-order valence-corrected chi connectivity index (χ4v) is 1.28. The molecule has 0 radical (unpaired) electrons. The quantitative estimate of drug-likeness (QED) is 0.189. The van der Waals surface area contributed by atoms with Crippen molar-refractivity contribution in [2.45, 2.75) is 26.7 Å². The van der Waals surface area contributed by atoms with Gasteiger partial charge in [-0.1, -0.05) is 13.0 Å². The fourth-order valence-electron chi connectivity index (χ4n) is 0.913. The topological polar surface area (TPSA) is 118 Å². The first-order valence-electron chi connectivity index (χ1n) is 5.94. The minimum Gasteiger partial charge on any atom is -0.481 e. The molecule has 0 heterocycles. The van der Waals surface area contributed by atoms with Gasteiger partial charge in [-0.2, -0.15) is 14.8 Å². The van der Waals surface area contributed by atoms with E-state index in [0.29, 0.717) is 6.42 Å². The molecule has 0 aliphatic rings. The summed E-state index contributed by atoms with van der Waals surface area (Å²) in [6.07, 6.45) is 3.48. The summed E-state index contributed by atoms with van der Waals surface area (Å²) in [5, 5.41) is 8.61. The zero-order valence-corrected chi connectivity index (χ0v) is 13.4. The smallest absolute Gasteiger partial charge is 0.481 e. The summed E-state index contributed by atoms with van der Waals surface area (Å²) in [6, 6.07) is 0. The van der Waals surface area contributed by atoms with Crippen molar-refractivity contribution in [1.29, 1.82) is 0 Å². The molecule has 0 amide bonds. The van der Waals surface area contributed by atoms with Gasteiger partial charge in [0.15, 0.2) is 0 Å². The van der Waals surface area contributed by atoms with Gasteiger partial charge >= 0.3 is 30.8 Å². The molecule has 0 aliphatic carbocycles. The van der Waals surface area contributed by atoms with E-state index >= 15 is 0 Å². The van der Waals surface area contributed by atoms with E-state index in [1.165, 1.54) is 6.08 Å². The van der Waals surface area contributed by atoms with Crippen LogP contribution in [0.25, 0.3) is 0 Å². The molecule has 21 heavy (non-hydrogen) atoms. The summed E-state index contributed by atoms with van der Waals surface area (Å²) in [5.41, 5.74) is 0. The SMILES string of the molecule is CC=CC(=O)OCC(CC)C(=O)O.[CH2-]CCS(=O)(=O)O.[Li+]. The van der Waals surface area contributed by atoms with Gasteiger partial charge in [0.1, 0.15) is 6.61 Å². The number of allylic oxidation sites excluding steroid dienone is 1. The molecule has 0 spiro atoms. The van der Waals surface area contributed by atoms with E-state index < -0.39 is 28.0 Å². The second-order valence-corrected chi connectivity index (χ2v) is 5.29. The number of aliphatic carboxylic acids is 1. The fraction of sp³-hybridized carbons (Fsp3) is 0.583. The zero-order valence-electron chi connectivity index (χ0n) is 12.6. The van der Waals surface area contributed by atoms with Gasteiger partial charge < -0.3 is 16.8 Å². The zero-order chi connectivity index (χ0) is 16.2. The van der Waals surface area contributed by atoms with Gasteiger partial charge in [-0.25, -0.2) is 4.79 Å². The second-order valence-electron chi connectivity index (χ2n) is 3.71. The van der Waals surface area contributed by atoms with Crippen molar-refractivity contribution in [3.05, 3.63) is 19.1 Å². The van der Waals surface area contributed by atoms with Crippen molar-refractivity contribution in [3.8, 4) is 0 Å². The normalized spacial score (nSPS) is 11.8. The predicted octanol–water partition coefficient (Wildman–Crippen LogP) is -1.68. The van der Waals surface area contributed by atoms with Gasteiger partial charge in [-0.3, -0.25) is 9.35 Å². The van der Waals surface area contributed by atoms with Crippen LogP contribution in [0.1, 0.15) is 26.7 Å². The second kappa shape index (κ2) is 14.1. The van der Waals surface area contributed by atoms with Crippen LogP contribution in [0.5, 0.6) is 0 Å². The van der Waals surface area contributed by atoms with E-state index in [1.807, 2.05) is 0 Å². The number of carboxylic acids is 1. The molecule has 1 atom stereocenters. The molecule has 0 aromatic heterocycles. The molecule has 0 saturated heterocycles. The molecule has 0 fully saturated rings. The van der Waals surface area contributed by atoms with Crippen LogP contribution in [-0.2, 0) is 24.4 Å². The summed E-state index contributed by atoms with van der Waals surface area (Å²) >= 11 is 0. The van der Waals surface area contributed by atoms with Crippen LogP contribution in [0.3, 0.4) is 0 Å². The van der Waals surface area contributed by atoms with Crippen LogP contribution in [0.4, 0.5) is 0 Å². The molecule has 0 aliphatic heterocycles. The Hall–Kier alpha value is -0.813. The van der Waals surface area contributed by atoms with Crippen LogP contribution in [0.2, 0.25) is 0 Å². The summed E-state index contributed by atoms with van der Waals surface area (Å²) in [7, 11) is -3.74. The van der Waals surface area contributed by atoms with Gasteiger partial charge in [0.25, 0.3) is 10.1 Å². The van der Waals surface area contributed by atoms with Crippen molar-refractivity contribution in [1.82, 2.24) is 0 Å². The van der Waals surface area contributed by atoms with Crippen LogP contribution < -0.4 is 18.9 Å². The first-order chi connectivity index (χ1) is 9.17. The van der Waals surface area contributed by atoms with E-state index in [-0.39, 0.29) is 37.6 Å². The molecule has 7 nitrogen and oxygen atoms in total. The average molecular weight is 316 g/mol. The largest absolute Gasteiger partial charge is 1.00 e. The first kappa shape index (κ1) is 25.2. The van der Waals surface area contributed by atoms with Gasteiger partial charge in [-0.15, -0.1) is 0 Å². The Kier molecular flexibility index (Phi) is 16.9. The number of carboxylic acid groups (broad SMARTS) is 1. The maximum absolute atomic E-state index is 10.8. The summed E-state index contributed by atoms with van der Waals surface area (Å²) in [4.78, 5) is 21.3. The maximum Gasteiger partial charge on any atom is 1.00 e. The molecule has 0 saturated carbocycles. The molecular formula is C12H21LiO7S. The monoisotopic (exact) mass is 316 g/mol. The summed E-state index contributed by atoms with van der Waals surface area (Å²) < 4.78 is 32.1. The van der Waals surface area contributed by atoms with Gasteiger partial charge in [-0.05, 0) is 13.3 Å². The van der Waals surface area contributed by atoms with Gasteiger partial charge in [0.05, 0.1) is 5.92 Å². The van der Waals surface area contributed by atoms with Crippen molar-refractivity contribution in [3.63, 3.8) is 0 Å². The Labute approximate surface area is 137 Å². The van der Waals surface area contributed by atoms with E-state index in [1.54, 1.807) is 19.9 Å². The Morgan fingerprint density at radius 3 is 2.14 bits per heavy atom. The minimum absolute atomic E-state index is 0. The minimum atomic E-state index is -3.74. The third-order valence-corrected chi connectivity index (χ3v) is 2.78. The van der Waals surface area contributed by atoms with E-state index in [4.69, 9.17) is 14.4 Å². The molecule has 9 heteroatoms. The Morgan fingerprint density at radius 1 is 1.38 bits per heavy atom. The first-order valence-corrected chi connectivity index (χ1v) is 7.55. The molecule has 0 aromatic rings. The van der Waals surface area contributed by atoms with E-state index in [0.717, 1.165) is 0 Å². The Bertz CT molecular complexity index is 417. The molecule has 2 N–H and O–H groups in total. The van der Waals surface area contributed by atoms with E-state index in [2.05, 4.69) is 6.92 Å². The number of carbonyl (C=O) groups excluding carboxylic acids is 1. The number of hydrogen-bond acceptors (Lipinski definition) is 5. The standard InChI is InChI=1S/C9H14O4.C3H7O3S.Li/c1-3-5-8(10)13-6-7(4-2)9(11)12;1-2-3-7(4,5)6;/h3,5,7H,4,6H2,1-2H3,(H,11,12);1-3H2,(H,4,5,6);/q;-1;+1. The van der Waals surface area contributed by atoms with Crippen molar-refractivity contribution in [2.24, 2.45) is 5.92 Å². The molecule has 118 valence electrons. The number of esters is 1. The van der Waals surface area contributed by atoms with Crippen LogP contribution in [0.15, 0.2) is 12.2 Å². The van der Waals surface area contributed by atoms with Gasteiger partial charge in [0, 0.05) is 11.8 Å². The third kappa shape index (κ3) is 19.2. The molecule has 0 rings (SSSR count). The third-order valence-electron chi connectivity index (χ3n) is 1.97. The van der Waals surface area contributed by atoms with Crippen LogP contribution >= 0.6 is 0 Å². The summed E-state index contributed by atoms with van der Waals surface area (Å²) in [5.74, 6) is -2.28. The Balaban J connectivity index is -0.000000347. The van der Waals surface area contributed by atoms with Crippen molar-refractivity contribution >= 4 is 22.1 Å². The van der Waals surface area contributed by atoms with Crippen molar-refractivity contribution < 1.29 is 51.3 Å². The van der Waals surface area contributed by atoms with Crippen LogP contribution in [0, 0.1) is 12.8 Å². The maximum atomic E-state index is 10.8. The summed E-state index contributed by atoms with van der Waals surface area (Å²) in [6.45, 7) is 6.60. The predicted molar refractivity (Wildman–Crippen MR) is 73.6 cm³/mol. The number of rotatable bonds is 7. The Morgan fingerprint density at radius 2 is 1.90 bits per heavy atom. The molecule has 0 aromatic carbocycles. The molecule has 1 unspecified atom stereocenters. The molecular weight excluding hydrogens is 295 g/mol.